The second-order valence-corrected chi connectivity index (χ2v) is 4.68. The summed E-state index contributed by atoms with van der Waals surface area (Å²) in [6.45, 7) is 4.25. The number of nitrogen functional groups attached to an aromatic ring is 1. The Morgan fingerprint density at radius 3 is 2.31 bits per heavy atom. The predicted molar refractivity (Wildman–Crippen MR) is 72.0 cm³/mol. The molecule has 0 spiro atoms. The highest BCUT2D eigenvalue weighted by Crippen LogP contribution is 2.19. The van der Waals surface area contributed by atoms with Gasteiger partial charge < -0.3 is 15.5 Å². The Balaban J connectivity index is 2.55. The molecule has 90 valence electrons. The number of benzene rings is 1. The molecule has 0 aliphatic rings. The minimum atomic E-state index is 0.842. The van der Waals surface area contributed by atoms with Gasteiger partial charge in [-0.15, -0.1) is 0 Å². The number of anilines is 2. The fourth-order valence-corrected chi connectivity index (χ4v) is 1.77. The molecule has 0 radical (unpaired) electrons. The monoisotopic (exact) mass is 221 g/mol. The summed E-state index contributed by atoms with van der Waals surface area (Å²) >= 11 is 0. The van der Waals surface area contributed by atoms with Crippen LogP contribution in [0, 0.1) is 6.92 Å². The van der Waals surface area contributed by atoms with Gasteiger partial charge in [0.05, 0.1) is 0 Å². The topological polar surface area (TPSA) is 32.5 Å². The third-order valence-electron chi connectivity index (χ3n) is 2.62. The molecule has 2 N–H and O–H groups in total. The lowest BCUT2D eigenvalue weighted by atomic mass is 10.2. The first-order valence-corrected chi connectivity index (χ1v) is 5.72. The van der Waals surface area contributed by atoms with E-state index in [2.05, 4.69) is 43.9 Å². The predicted octanol–water partition coefficient (Wildman–Crippen LogP) is 1.97. The van der Waals surface area contributed by atoms with Crippen LogP contribution >= 0.6 is 0 Å². The van der Waals surface area contributed by atoms with Crippen molar-refractivity contribution in [3.05, 3.63) is 23.8 Å². The van der Waals surface area contributed by atoms with Crippen molar-refractivity contribution >= 4 is 11.4 Å². The molecule has 1 aromatic carbocycles. The van der Waals surface area contributed by atoms with E-state index < -0.39 is 0 Å². The second-order valence-electron chi connectivity index (χ2n) is 4.68. The molecule has 0 unspecified atom stereocenters. The Morgan fingerprint density at radius 1 is 1.06 bits per heavy atom. The van der Waals surface area contributed by atoms with Crippen LogP contribution in [0.3, 0.4) is 0 Å². The first-order chi connectivity index (χ1) is 7.49. The third-order valence-corrected chi connectivity index (χ3v) is 2.62. The Bertz CT molecular complexity index is 314. The van der Waals surface area contributed by atoms with Crippen LogP contribution in [0.1, 0.15) is 12.0 Å². The van der Waals surface area contributed by atoms with Crippen LogP contribution in [0.15, 0.2) is 18.2 Å². The average molecular weight is 221 g/mol. The Kier molecular flexibility index (Phi) is 4.62. The molecule has 0 bridgehead atoms. The molecule has 0 aromatic heterocycles. The second kappa shape index (κ2) is 5.75. The van der Waals surface area contributed by atoms with Gasteiger partial charge in [-0.3, -0.25) is 0 Å². The van der Waals surface area contributed by atoms with Crippen molar-refractivity contribution in [2.75, 3.05) is 44.9 Å². The number of nitrogens with zero attached hydrogens (tertiary/aromatic N) is 2. The van der Waals surface area contributed by atoms with Gasteiger partial charge in [0.15, 0.2) is 0 Å². The van der Waals surface area contributed by atoms with Gasteiger partial charge >= 0.3 is 0 Å². The molecule has 1 rings (SSSR count). The highest BCUT2D eigenvalue weighted by Gasteiger charge is 2.02. The number of aryl methyl sites for hydroxylation is 1. The third kappa shape index (κ3) is 4.11. The maximum atomic E-state index is 5.84. The molecule has 0 aliphatic carbocycles. The lowest BCUT2D eigenvalue weighted by Gasteiger charge is -2.21. The van der Waals surface area contributed by atoms with Crippen LogP contribution in [0.2, 0.25) is 0 Å². The summed E-state index contributed by atoms with van der Waals surface area (Å²) in [5, 5.41) is 0. The van der Waals surface area contributed by atoms with Gasteiger partial charge in [0.1, 0.15) is 0 Å². The largest absolute Gasteiger partial charge is 0.399 e. The van der Waals surface area contributed by atoms with Crippen LogP contribution in [0.5, 0.6) is 0 Å². The normalized spacial score (nSPS) is 10.8. The standard InChI is InChI=1S/C13H23N3/c1-11-8-12(14)10-13(9-11)16(4)7-5-6-15(2)3/h8-10H,5-7,14H2,1-4H3. The molecular weight excluding hydrogens is 198 g/mol. The first kappa shape index (κ1) is 12.8. The smallest absolute Gasteiger partial charge is 0.0386 e. The molecule has 0 saturated heterocycles. The molecule has 0 amide bonds. The van der Waals surface area contributed by atoms with E-state index >= 15 is 0 Å². The maximum absolute atomic E-state index is 5.84. The fourth-order valence-electron chi connectivity index (χ4n) is 1.77. The van der Waals surface area contributed by atoms with Crippen molar-refractivity contribution in [3.63, 3.8) is 0 Å². The minimum absolute atomic E-state index is 0.842. The summed E-state index contributed by atoms with van der Waals surface area (Å²) in [5.41, 5.74) is 9.10. The molecule has 1 aromatic rings. The van der Waals surface area contributed by atoms with Crippen LogP contribution < -0.4 is 10.6 Å². The summed E-state index contributed by atoms with van der Waals surface area (Å²) < 4.78 is 0. The molecule has 0 heterocycles. The number of nitrogens with two attached hydrogens (primary N) is 1. The zero-order valence-corrected chi connectivity index (χ0v) is 10.8. The molecule has 0 aliphatic heterocycles. The zero-order chi connectivity index (χ0) is 12.1. The quantitative estimate of drug-likeness (QED) is 0.772. The van der Waals surface area contributed by atoms with Crippen molar-refractivity contribution < 1.29 is 0 Å². The van der Waals surface area contributed by atoms with E-state index in [-0.39, 0.29) is 0 Å². The summed E-state index contributed by atoms with van der Waals surface area (Å²) in [6, 6.07) is 6.20. The Morgan fingerprint density at radius 2 is 1.75 bits per heavy atom. The summed E-state index contributed by atoms with van der Waals surface area (Å²) in [7, 11) is 6.32. The van der Waals surface area contributed by atoms with E-state index in [0.717, 1.165) is 25.2 Å². The molecule has 0 atom stereocenters. The molecule has 16 heavy (non-hydrogen) atoms. The van der Waals surface area contributed by atoms with Crippen LogP contribution in [-0.2, 0) is 0 Å². The molecule has 0 saturated carbocycles. The SMILES string of the molecule is Cc1cc(N)cc(N(C)CCCN(C)C)c1. The maximum Gasteiger partial charge on any atom is 0.0386 e. The number of rotatable bonds is 5. The minimum Gasteiger partial charge on any atom is -0.399 e. The van der Waals surface area contributed by atoms with E-state index in [0.29, 0.717) is 0 Å². The molecule has 3 nitrogen and oxygen atoms in total. The van der Waals surface area contributed by atoms with E-state index in [1.807, 2.05) is 12.1 Å². The van der Waals surface area contributed by atoms with Crippen molar-refractivity contribution in [2.24, 2.45) is 0 Å². The van der Waals surface area contributed by atoms with E-state index in [9.17, 15) is 0 Å². The number of hydrogen-bond donors (Lipinski definition) is 1. The Labute approximate surface area is 98.8 Å². The van der Waals surface area contributed by atoms with Crippen molar-refractivity contribution in [1.82, 2.24) is 4.90 Å². The highest BCUT2D eigenvalue weighted by molar-refractivity contribution is 5.57. The van der Waals surface area contributed by atoms with Gasteiger partial charge in [-0.1, -0.05) is 0 Å². The van der Waals surface area contributed by atoms with E-state index in [4.69, 9.17) is 5.73 Å². The van der Waals surface area contributed by atoms with Gasteiger partial charge in [-0.25, -0.2) is 0 Å². The van der Waals surface area contributed by atoms with Crippen molar-refractivity contribution in [2.45, 2.75) is 13.3 Å². The van der Waals surface area contributed by atoms with E-state index in [1.54, 1.807) is 0 Å². The summed E-state index contributed by atoms with van der Waals surface area (Å²) in [6.07, 6.45) is 1.16. The van der Waals surface area contributed by atoms with Gasteiger partial charge in [-0.2, -0.15) is 0 Å². The van der Waals surface area contributed by atoms with Crippen LogP contribution in [0.4, 0.5) is 11.4 Å². The molecule has 3 heteroatoms. The van der Waals surface area contributed by atoms with Gasteiger partial charge in [0.2, 0.25) is 0 Å². The summed E-state index contributed by atoms with van der Waals surface area (Å²) in [5.74, 6) is 0. The average Bonchev–Trinajstić information content (AvgIpc) is 2.15. The molecule has 0 fully saturated rings. The van der Waals surface area contributed by atoms with Gasteiger partial charge in [-0.05, 0) is 57.7 Å². The van der Waals surface area contributed by atoms with Crippen molar-refractivity contribution in [1.29, 1.82) is 0 Å². The first-order valence-electron chi connectivity index (χ1n) is 5.72. The van der Waals surface area contributed by atoms with E-state index in [1.165, 1.54) is 11.3 Å². The van der Waals surface area contributed by atoms with Gasteiger partial charge in [0, 0.05) is 25.0 Å². The lowest BCUT2D eigenvalue weighted by Crippen LogP contribution is -2.23. The Hall–Kier alpha value is -1.22. The van der Waals surface area contributed by atoms with Crippen LogP contribution in [-0.4, -0.2) is 39.1 Å². The molecular formula is C13H23N3. The zero-order valence-electron chi connectivity index (χ0n) is 10.8. The highest BCUT2D eigenvalue weighted by atomic mass is 15.1. The summed E-state index contributed by atoms with van der Waals surface area (Å²) in [4.78, 5) is 4.46. The number of hydrogen-bond acceptors (Lipinski definition) is 3. The fraction of sp³-hybridized carbons (Fsp3) is 0.538. The van der Waals surface area contributed by atoms with Crippen molar-refractivity contribution in [3.8, 4) is 0 Å². The lowest BCUT2D eigenvalue weighted by molar-refractivity contribution is 0.401. The van der Waals surface area contributed by atoms with Crippen LogP contribution in [0.25, 0.3) is 0 Å². The van der Waals surface area contributed by atoms with Gasteiger partial charge in [0.25, 0.3) is 0 Å².